The fourth-order valence-electron chi connectivity index (χ4n) is 3.39. The molecule has 0 spiro atoms. The van der Waals surface area contributed by atoms with Crippen LogP contribution in [0.4, 0.5) is 5.82 Å². The van der Waals surface area contributed by atoms with E-state index in [0.717, 1.165) is 55.1 Å². The third kappa shape index (κ3) is 3.55. The molecule has 0 fully saturated rings. The van der Waals surface area contributed by atoms with E-state index < -0.39 is 0 Å². The Morgan fingerprint density at radius 1 is 1.08 bits per heavy atom. The first-order valence-corrected chi connectivity index (χ1v) is 9.36. The van der Waals surface area contributed by atoms with Crippen LogP contribution in [-0.2, 0) is 0 Å². The molecule has 3 aromatic rings. The molecule has 0 atom stereocenters. The van der Waals surface area contributed by atoms with Gasteiger partial charge in [0.2, 0.25) is 0 Å². The maximum atomic E-state index is 4.57. The summed E-state index contributed by atoms with van der Waals surface area (Å²) in [5.41, 5.74) is 4.40. The summed E-state index contributed by atoms with van der Waals surface area (Å²) >= 11 is 0. The topological polar surface area (TPSA) is 58.9 Å². The molecule has 0 aromatic carbocycles. The minimum Gasteiger partial charge on any atom is -0.369 e. The number of pyridine rings is 1. The number of hydrogen-bond acceptors (Lipinski definition) is 5. The molecule has 0 saturated heterocycles. The van der Waals surface area contributed by atoms with Crippen LogP contribution in [0.1, 0.15) is 31.5 Å². The van der Waals surface area contributed by atoms with Crippen molar-refractivity contribution in [2.24, 2.45) is 0 Å². The zero-order chi connectivity index (χ0) is 18.5. The Kier molecular flexibility index (Phi) is 5.83. The molecule has 0 amide bonds. The molecule has 3 aromatic heterocycles. The Balaban J connectivity index is 1.87. The average molecular weight is 352 g/mol. The Bertz CT molecular complexity index is 852. The van der Waals surface area contributed by atoms with E-state index in [9.17, 15) is 0 Å². The van der Waals surface area contributed by atoms with Crippen LogP contribution < -0.4 is 5.32 Å². The number of fused-ring (bicyclic) bond motifs is 1. The van der Waals surface area contributed by atoms with Crippen LogP contribution in [-0.4, -0.2) is 50.6 Å². The zero-order valence-corrected chi connectivity index (χ0v) is 16.2. The molecule has 6 heteroatoms. The predicted octanol–water partition coefficient (Wildman–Crippen LogP) is 3.58. The van der Waals surface area contributed by atoms with Crippen molar-refractivity contribution >= 4 is 16.9 Å². The van der Waals surface area contributed by atoms with Gasteiger partial charge in [0, 0.05) is 24.6 Å². The van der Waals surface area contributed by atoms with Gasteiger partial charge in [-0.05, 0) is 57.6 Å². The highest BCUT2D eigenvalue weighted by Crippen LogP contribution is 2.30. The van der Waals surface area contributed by atoms with Crippen LogP contribution in [0.3, 0.4) is 0 Å². The van der Waals surface area contributed by atoms with Gasteiger partial charge in [0.25, 0.3) is 0 Å². The Labute approximate surface area is 155 Å². The summed E-state index contributed by atoms with van der Waals surface area (Å²) in [7, 11) is 0. The Morgan fingerprint density at radius 3 is 2.50 bits per heavy atom. The third-order valence-electron chi connectivity index (χ3n) is 5.05. The van der Waals surface area contributed by atoms with Crippen molar-refractivity contribution in [3.05, 3.63) is 42.1 Å². The summed E-state index contributed by atoms with van der Waals surface area (Å²) in [5, 5.41) is 4.62. The van der Waals surface area contributed by atoms with Crippen LogP contribution in [0.5, 0.6) is 0 Å². The normalized spacial score (nSPS) is 11.4. The van der Waals surface area contributed by atoms with Crippen LogP contribution in [0.25, 0.3) is 16.7 Å². The van der Waals surface area contributed by atoms with Crippen molar-refractivity contribution in [3.63, 3.8) is 0 Å². The molecule has 0 aliphatic rings. The van der Waals surface area contributed by atoms with Crippen molar-refractivity contribution < 1.29 is 0 Å². The van der Waals surface area contributed by atoms with Gasteiger partial charge in [0.15, 0.2) is 5.65 Å². The fraction of sp³-hybridized carbons (Fsp3) is 0.450. The molecule has 0 saturated carbocycles. The van der Waals surface area contributed by atoms with E-state index in [1.54, 1.807) is 6.33 Å². The van der Waals surface area contributed by atoms with Crippen LogP contribution in [0.15, 0.2) is 30.9 Å². The Hall–Kier alpha value is -2.47. The number of anilines is 1. The number of aryl methyl sites for hydroxylation is 1. The molecule has 1 N–H and O–H groups in total. The molecule has 26 heavy (non-hydrogen) atoms. The maximum Gasteiger partial charge on any atom is 0.150 e. The van der Waals surface area contributed by atoms with Gasteiger partial charge in [0.1, 0.15) is 12.1 Å². The predicted molar refractivity (Wildman–Crippen MR) is 107 cm³/mol. The second kappa shape index (κ2) is 8.27. The maximum absolute atomic E-state index is 4.57. The monoisotopic (exact) mass is 352 g/mol. The Morgan fingerprint density at radius 2 is 1.81 bits per heavy atom. The molecule has 0 aliphatic heterocycles. The number of hydrogen-bond donors (Lipinski definition) is 1. The largest absolute Gasteiger partial charge is 0.369 e. The smallest absolute Gasteiger partial charge is 0.150 e. The van der Waals surface area contributed by atoms with E-state index in [0.29, 0.717) is 0 Å². The molecular weight excluding hydrogens is 324 g/mol. The first-order valence-electron chi connectivity index (χ1n) is 9.36. The number of nitrogens with one attached hydrogen (secondary N) is 1. The summed E-state index contributed by atoms with van der Waals surface area (Å²) in [6, 6.07) is 4.01. The lowest BCUT2D eigenvalue weighted by Crippen LogP contribution is -2.25. The van der Waals surface area contributed by atoms with Crippen molar-refractivity contribution in [2.75, 3.05) is 31.5 Å². The number of rotatable bonds is 8. The van der Waals surface area contributed by atoms with E-state index in [4.69, 9.17) is 0 Å². The summed E-state index contributed by atoms with van der Waals surface area (Å²) in [6.07, 6.45) is 6.36. The summed E-state index contributed by atoms with van der Waals surface area (Å²) in [4.78, 5) is 15.6. The molecule has 138 valence electrons. The van der Waals surface area contributed by atoms with E-state index in [1.165, 1.54) is 11.3 Å². The van der Waals surface area contributed by atoms with Gasteiger partial charge >= 0.3 is 0 Å². The minimum absolute atomic E-state index is 0.904. The summed E-state index contributed by atoms with van der Waals surface area (Å²) in [6.45, 7) is 12.9. The second-order valence-corrected chi connectivity index (χ2v) is 6.48. The lowest BCUT2D eigenvalue weighted by molar-refractivity contribution is 0.303. The SMILES string of the molecule is CCN(CC)CCCNc1ncnc2c1c(C)c(C)n2-c1ccncc1. The second-order valence-electron chi connectivity index (χ2n) is 6.48. The van der Waals surface area contributed by atoms with Gasteiger partial charge < -0.3 is 10.2 Å². The van der Waals surface area contributed by atoms with Gasteiger partial charge in [-0.25, -0.2) is 9.97 Å². The highest BCUT2D eigenvalue weighted by molar-refractivity contribution is 5.93. The molecule has 0 aliphatic carbocycles. The molecule has 6 nitrogen and oxygen atoms in total. The van der Waals surface area contributed by atoms with Crippen molar-refractivity contribution in [2.45, 2.75) is 34.1 Å². The summed E-state index contributed by atoms with van der Waals surface area (Å²) < 4.78 is 2.18. The molecule has 3 rings (SSSR count). The first kappa shape index (κ1) is 18.3. The van der Waals surface area contributed by atoms with E-state index >= 15 is 0 Å². The minimum atomic E-state index is 0.904. The van der Waals surface area contributed by atoms with Gasteiger partial charge in [-0.3, -0.25) is 9.55 Å². The molecule has 0 radical (unpaired) electrons. The third-order valence-corrected chi connectivity index (χ3v) is 5.05. The first-order chi connectivity index (χ1) is 12.7. The highest BCUT2D eigenvalue weighted by atomic mass is 15.1. The van der Waals surface area contributed by atoms with Crippen molar-refractivity contribution in [3.8, 4) is 5.69 Å². The van der Waals surface area contributed by atoms with Crippen LogP contribution in [0.2, 0.25) is 0 Å². The van der Waals surface area contributed by atoms with Crippen LogP contribution in [0, 0.1) is 13.8 Å². The lowest BCUT2D eigenvalue weighted by Gasteiger charge is -2.17. The van der Waals surface area contributed by atoms with Crippen molar-refractivity contribution in [1.29, 1.82) is 0 Å². The quantitative estimate of drug-likeness (QED) is 0.628. The molecule has 0 unspecified atom stereocenters. The van der Waals surface area contributed by atoms with Crippen LogP contribution >= 0.6 is 0 Å². The fourth-order valence-corrected chi connectivity index (χ4v) is 3.39. The number of nitrogens with zero attached hydrogens (tertiary/aromatic N) is 5. The average Bonchev–Trinajstić information content (AvgIpc) is 2.94. The standard InChI is InChI=1S/C20H28N6/c1-5-25(6-2)13-7-10-22-19-18-15(3)16(4)26(20(18)24-14-23-19)17-8-11-21-12-9-17/h8-9,11-12,14H,5-7,10,13H2,1-4H3,(H,22,23,24). The van der Waals surface area contributed by atoms with Gasteiger partial charge in [-0.15, -0.1) is 0 Å². The molecule has 3 heterocycles. The molecular formula is C20H28N6. The number of aromatic nitrogens is 4. The lowest BCUT2D eigenvalue weighted by atomic mass is 10.2. The highest BCUT2D eigenvalue weighted by Gasteiger charge is 2.17. The van der Waals surface area contributed by atoms with E-state index in [2.05, 4.69) is 57.4 Å². The van der Waals surface area contributed by atoms with Crippen molar-refractivity contribution in [1.82, 2.24) is 24.4 Å². The summed E-state index contributed by atoms with van der Waals surface area (Å²) in [5.74, 6) is 0.919. The van der Waals surface area contributed by atoms with Gasteiger partial charge in [-0.2, -0.15) is 0 Å². The zero-order valence-electron chi connectivity index (χ0n) is 16.2. The molecule has 0 bridgehead atoms. The van der Waals surface area contributed by atoms with Gasteiger partial charge in [-0.1, -0.05) is 13.8 Å². The van der Waals surface area contributed by atoms with E-state index in [-0.39, 0.29) is 0 Å². The van der Waals surface area contributed by atoms with Gasteiger partial charge in [0.05, 0.1) is 11.1 Å². The van der Waals surface area contributed by atoms with E-state index in [1.807, 2.05) is 24.5 Å².